The lowest BCUT2D eigenvalue weighted by Gasteiger charge is -2.22. The maximum atomic E-state index is 4.52. The molecule has 0 saturated carbocycles. The predicted octanol–water partition coefficient (Wildman–Crippen LogP) is 5.58. The van der Waals surface area contributed by atoms with Crippen molar-refractivity contribution in [2.45, 2.75) is 19.6 Å². The lowest BCUT2D eigenvalue weighted by molar-refractivity contribution is 0.250. The van der Waals surface area contributed by atoms with Gasteiger partial charge in [0.15, 0.2) is 0 Å². The van der Waals surface area contributed by atoms with Crippen molar-refractivity contribution in [3.05, 3.63) is 120 Å². The smallest absolute Gasteiger partial charge is 0.0544 e. The molecule has 1 N–H and O–H groups in total. The molecule has 2 heterocycles. The van der Waals surface area contributed by atoms with Crippen LogP contribution in [-0.2, 0) is 19.6 Å². The molecule has 0 saturated heterocycles. The van der Waals surface area contributed by atoms with E-state index in [1.54, 1.807) is 0 Å². The van der Waals surface area contributed by atoms with Crippen LogP contribution in [0.5, 0.6) is 0 Å². The van der Waals surface area contributed by atoms with E-state index < -0.39 is 0 Å². The number of hydrogen-bond donors (Lipinski definition) is 1. The molecular weight excluding hydrogens is 404 g/mol. The van der Waals surface area contributed by atoms with Crippen molar-refractivity contribution >= 4 is 21.5 Å². The quantitative estimate of drug-likeness (QED) is 0.244. The lowest BCUT2D eigenvalue weighted by Crippen LogP contribution is -2.32. The number of pyridine rings is 2. The SMILES string of the molecule is c1ccc(CN(CCNCc2c3ccccc3cc3ccccc23)Cc2ccccn2)nc1. The van der Waals surface area contributed by atoms with E-state index >= 15 is 0 Å². The average Bonchev–Trinajstić information content (AvgIpc) is 2.87. The molecule has 0 aliphatic carbocycles. The van der Waals surface area contributed by atoms with Gasteiger partial charge in [0.05, 0.1) is 11.4 Å². The van der Waals surface area contributed by atoms with Crippen molar-refractivity contribution in [3.8, 4) is 0 Å². The molecule has 4 heteroatoms. The van der Waals surface area contributed by atoms with Gasteiger partial charge in [-0.1, -0.05) is 60.7 Å². The maximum absolute atomic E-state index is 4.52. The van der Waals surface area contributed by atoms with E-state index in [1.807, 2.05) is 36.7 Å². The number of nitrogens with one attached hydrogen (secondary N) is 1. The highest BCUT2D eigenvalue weighted by Crippen LogP contribution is 2.28. The summed E-state index contributed by atoms with van der Waals surface area (Å²) in [7, 11) is 0. The van der Waals surface area contributed by atoms with Crippen LogP contribution in [0.2, 0.25) is 0 Å². The van der Waals surface area contributed by atoms with E-state index in [0.29, 0.717) is 0 Å². The minimum absolute atomic E-state index is 0.802. The second-order valence-electron chi connectivity index (χ2n) is 8.33. The zero-order valence-corrected chi connectivity index (χ0v) is 18.7. The Labute approximate surface area is 194 Å². The van der Waals surface area contributed by atoms with Crippen LogP contribution in [-0.4, -0.2) is 28.0 Å². The van der Waals surface area contributed by atoms with Gasteiger partial charge in [-0.25, -0.2) is 0 Å². The summed E-state index contributed by atoms with van der Waals surface area (Å²) < 4.78 is 0. The Morgan fingerprint density at radius 1 is 0.636 bits per heavy atom. The normalized spacial score (nSPS) is 11.4. The highest BCUT2D eigenvalue weighted by Gasteiger charge is 2.10. The van der Waals surface area contributed by atoms with Gasteiger partial charge in [0.2, 0.25) is 0 Å². The average molecular weight is 433 g/mol. The Balaban J connectivity index is 1.30. The summed E-state index contributed by atoms with van der Waals surface area (Å²) in [6, 6.07) is 31.8. The van der Waals surface area contributed by atoms with Gasteiger partial charge in [-0.3, -0.25) is 14.9 Å². The first kappa shape index (κ1) is 21.3. The third-order valence-corrected chi connectivity index (χ3v) is 6.01. The fourth-order valence-electron chi connectivity index (χ4n) is 4.40. The maximum Gasteiger partial charge on any atom is 0.0544 e. The Morgan fingerprint density at radius 2 is 1.18 bits per heavy atom. The molecule has 2 aromatic heterocycles. The monoisotopic (exact) mass is 432 g/mol. The van der Waals surface area contributed by atoms with Crippen molar-refractivity contribution in [1.82, 2.24) is 20.2 Å². The minimum atomic E-state index is 0.802. The van der Waals surface area contributed by atoms with Crippen LogP contribution < -0.4 is 5.32 Å². The Bertz CT molecular complexity index is 1220. The van der Waals surface area contributed by atoms with E-state index in [0.717, 1.165) is 44.1 Å². The molecule has 0 bridgehead atoms. The topological polar surface area (TPSA) is 41.0 Å². The molecule has 0 unspecified atom stereocenters. The molecule has 5 rings (SSSR count). The van der Waals surface area contributed by atoms with Gasteiger partial charge < -0.3 is 5.32 Å². The number of rotatable bonds is 9. The first-order chi connectivity index (χ1) is 16.4. The van der Waals surface area contributed by atoms with Gasteiger partial charge in [-0.15, -0.1) is 0 Å². The summed E-state index contributed by atoms with van der Waals surface area (Å²) in [6.07, 6.45) is 3.72. The fraction of sp³-hybridized carbons (Fsp3) is 0.172. The summed E-state index contributed by atoms with van der Waals surface area (Å²) in [5, 5.41) is 8.93. The molecule has 0 aliphatic heterocycles. The molecular formula is C29H28N4. The first-order valence-electron chi connectivity index (χ1n) is 11.5. The van der Waals surface area contributed by atoms with Crippen molar-refractivity contribution in [3.63, 3.8) is 0 Å². The predicted molar refractivity (Wildman–Crippen MR) is 136 cm³/mol. The number of fused-ring (bicyclic) bond motifs is 2. The molecule has 164 valence electrons. The fourth-order valence-corrected chi connectivity index (χ4v) is 4.40. The molecule has 5 aromatic rings. The van der Waals surface area contributed by atoms with Crippen LogP contribution in [0, 0.1) is 0 Å². The van der Waals surface area contributed by atoms with Gasteiger partial charge in [0.25, 0.3) is 0 Å². The Hall–Kier alpha value is -3.60. The van der Waals surface area contributed by atoms with Crippen LogP contribution >= 0.6 is 0 Å². The molecule has 4 nitrogen and oxygen atoms in total. The van der Waals surface area contributed by atoms with Crippen LogP contribution in [0.3, 0.4) is 0 Å². The lowest BCUT2D eigenvalue weighted by atomic mass is 9.97. The van der Waals surface area contributed by atoms with Crippen molar-refractivity contribution < 1.29 is 0 Å². The van der Waals surface area contributed by atoms with Gasteiger partial charge in [0, 0.05) is 45.1 Å². The van der Waals surface area contributed by atoms with Crippen molar-refractivity contribution in [1.29, 1.82) is 0 Å². The first-order valence-corrected chi connectivity index (χ1v) is 11.5. The van der Waals surface area contributed by atoms with Crippen LogP contribution in [0.15, 0.2) is 103 Å². The van der Waals surface area contributed by atoms with Crippen molar-refractivity contribution in [2.24, 2.45) is 0 Å². The van der Waals surface area contributed by atoms with Gasteiger partial charge >= 0.3 is 0 Å². The molecule has 0 amide bonds. The molecule has 0 atom stereocenters. The minimum Gasteiger partial charge on any atom is -0.311 e. The Kier molecular flexibility index (Phi) is 6.66. The zero-order valence-electron chi connectivity index (χ0n) is 18.7. The molecule has 0 radical (unpaired) electrons. The molecule has 33 heavy (non-hydrogen) atoms. The number of aromatic nitrogens is 2. The summed E-state index contributed by atoms with van der Waals surface area (Å²) >= 11 is 0. The van der Waals surface area contributed by atoms with Gasteiger partial charge in [-0.05, 0) is 57.4 Å². The van der Waals surface area contributed by atoms with Crippen LogP contribution in [0.1, 0.15) is 17.0 Å². The third-order valence-electron chi connectivity index (χ3n) is 6.01. The number of hydrogen-bond acceptors (Lipinski definition) is 4. The summed E-state index contributed by atoms with van der Waals surface area (Å²) in [4.78, 5) is 11.4. The third kappa shape index (κ3) is 5.25. The molecule has 0 spiro atoms. The standard InChI is InChI=1S/C29H28N4/c1-3-13-27-23(9-1)19-24-10-2-4-14-28(24)29(27)20-30-17-18-33(21-25-11-5-7-15-31-25)22-26-12-6-8-16-32-26/h1-16,19,30H,17-18,20-22H2. The van der Waals surface area contributed by atoms with Crippen molar-refractivity contribution in [2.75, 3.05) is 13.1 Å². The molecule has 0 fully saturated rings. The van der Waals surface area contributed by atoms with Gasteiger partial charge in [-0.2, -0.15) is 0 Å². The van der Waals surface area contributed by atoms with E-state index in [2.05, 4.69) is 86.9 Å². The molecule has 0 aliphatic rings. The van der Waals surface area contributed by atoms with E-state index in [-0.39, 0.29) is 0 Å². The Morgan fingerprint density at radius 3 is 1.73 bits per heavy atom. The highest BCUT2D eigenvalue weighted by atomic mass is 15.1. The van der Waals surface area contributed by atoms with Crippen LogP contribution in [0.4, 0.5) is 0 Å². The van der Waals surface area contributed by atoms with E-state index in [1.165, 1.54) is 27.1 Å². The number of nitrogens with zero attached hydrogens (tertiary/aromatic N) is 3. The van der Waals surface area contributed by atoms with Crippen LogP contribution in [0.25, 0.3) is 21.5 Å². The largest absolute Gasteiger partial charge is 0.311 e. The van der Waals surface area contributed by atoms with E-state index in [9.17, 15) is 0 Å². The summed E-state index contributed by atoms with van der Waals surface area (Å²) in [6.45, 7) is 4.24. The summed E-state index contributed by atoms with van der Waals surface area (Å²) in [5.74, 6) is 0. The summed E-state index contributed by atoms with van der Waals surface area (Å²) in [5.41, 5.74) is 3.52. The van der Waals surface area contributed by atoms with E-state index in [4.69, 9.17) is 0 Å². The second kappa shape index (κ2) is 10.3. The number of benzene rings is 3. The second-order valence-corrected chi connectivity index (χ2v) is 8.33. The highest BCUT2D eigenvalue weighted by molar-refractivity contribution is 6.02. The molecule has 3 aromatic carbocycles. The van der Waals surface area contributed by atoms with Gasteiger partial charge in [0.1, 0.15) is 0 Å². The zero-order chi connectivity index (χ0) is 22.3.